The van der Waals surface area contributed by atoms with E-state index in [1.807, 2.05) is 18.0 Å². The van der Waals surface area contributed by atoms with Gasteiger partial charge in [-0.25, -0.2) is 4.98 Å². The normalized spacial score (nSPS) is 17.7. The van der Waals surface area contributed by atoms with Crippen molar-refractivity contribution in [1.82, 2.24) is 34.8 Å². The Hall–Kier alpha value is -2.72. The Morgan fingerprint density at radius 1 is 1.32 bits per heavy atom. The molecule has 3 aromatic heterocycles. The molecule has 1 atom stereocenters. The highest BCUT2D eigenvalue weighted by Gasteiger charge is 2.35. The molecule has 0 aromatic carbocycles. The number of alkyl halides is 3. The summed E-state index contributed by atoms with van der Waals surface area (Å²) in [5.74, 6) is 1.41. The van der Waals surface area contributed by atoms with Crippen LogP contribution in [0.5, 0.6) is 0 Å². The molecule has 0 N–H and O–H groups in total. The van der Waals surface area contributed by atoms with Crippen LogP contribution >= 0.6 is 0 Å². The van der Waals surface area contributed by atoms with Crippen LogP contribution in [0, 0.1) is 5.92 Å². The fourth-order valence-corrected chi connectivity index (χ4v) is 3.12. The molecule has 1 aliphatic rings. The predicted molar refractivity (Wildman–Crippen MR) is 80.9 cm³/mol. The summed E-state index contributed by atoms with van der Waals surface area (Å²) >= 11 is 0. The lowest BCUT2D eigenvalue weighted by Crippen LogP contribution is -2.32. The molecule has 0 saturated heterocycles. The van der Waals surface area contributed by atoms with E-state index >= 15 is 0 Å². The average molecular weight is 352 g/mol. The zero-order valence-electron chi connectivity index (χ0n) is 13.3. The lowest BCUT2D eigenvalue weighted by atomic mass is 9.99. The molecule has 0 fully saturated rings. The van der Waals surface area contributed by atoms with E-state index in [0.717, 1.165) is 12.6 Å². The van der Waals surface area contributed by atoms with Crippen LogP contribution in [0.15, 0.2) is 18.3 Å². The van der Waals surface area contributed by atoms with E-state index in [1.165, 1.54) is 4.63 Å². The Morgan fingerprint density at radius 2 is 2.16 bits per heavy atom. The molecule has 0 bridgehead atoms. The van der Waals surface area contributed by atoms with Crippen molar-refractivity contribution in [1.29, 1.82) is 0 Å². The lowest BCUT2D eigenvalue weighted by Gasteiger charge is -2.28. The third-order valence-corrected chi connectivity index (χ3v) is 4.36. The maximum atomic E-state index is 12.8. The molecular weight excluding hydrogens is 337 g/mol. The fraction of sp³-hybridized carbons (Fsp3) is 0.500. The number of rotatable bonds is 3. The van der Waals surface area contributed by atoms with E-state index in [2.05, 4.69) is 25.6 Å². The van der Waals surface area contributed by atoms with Crippen LogP contribution in [0.4, 0.5) is 19.0 Å². The molecule has 8 nitrogen and oxygen atoms in total. The first-order valence-electron chi connectivity index (χ1n) is 7.80. The number of hydrogen-bond donors (Lipinski definition) is 0. The van der Waals surface area contributed by atoms with Gasteiger partial charge in [0.2, 0.25) is 0 Å². The van der Waals surface area contributed by atoms with Crippen molar-refractivity contribution in [2.24, 2.45) is 5.92 Å². The van der Waals surface area contributed by atoms with Crippen LogP contribution in [0.25, 0.3) is 5.65 Å². The number of nitrogens with zero attached hydrogens (tertiary/aromatic N) is 8. The summed E-state index contributed by atoms with van der Waals surface area (Å²) in [4.78, 5) is 5.67. The minimum Gasteiger partial charge on any atom is -0.358 e. The number of tetrazole rings is 1. The zero-order chi connectivity index (χ0) is 17.6. The predicted octanol–water partition coefficient (Wildman–Crippen LogP) is 1.43. The quantitative estimate of drug-likeness (QED) is 0.710. The van der Waals surface area contributed by atoms with Crippen molar-refractivity contribution < 1.29 is 13.2 Å². The summed E-state index contributed by atoms with van der Waals surface area (Å²) in [5, 5.41) is 15.4. The van der Waals surface area contributed by atoms with Crippen molar-refractivity contribution in [3.63, 3.8) is 0 Å². The Labute approximate surface area is 140 Å². The first-order valence-corrected chi connectivity index (χ1v) is 7.80. The molecule has 3 aromatic rings. The van der Waals surface area contributed by atoms with E-state index in [1.54, 1.807) is 10.6 Å². The minimum absolute atomic E-state index is 0.208. The molecule has 0 spiro atoms. The van der Waals surface area contributed by atoms with Gasteiger partial charge in [-0.3, -0.25) is 0 Å². The van der Waals surface area contributed by atoms with Crippen molar-refractivity contribution in [2.45, 2.75) is 25.6 Å². The molecule has 4 heterocycles. The second-order valence-corrected chi connectivity index (χ2v) is 6.20. The van der Waals surface area contributed by atoms with Gasteiger partial charge in [0.1, 0.15) is 5.82 Å². The Morgan fingerprint density at radius 3 is 2.96 bits per heavy atom. The maximum Gasteiger partial charge on any atom is 0.434 e. The van der Waals surface area contributed by atoms with Gasteiger partial charge in [0.25, 0.3) is 0 Å². The van der Waals surface area contributed by atoms with Gasteiger partial charge in [-0.1, -0.05) is 0 Å². The highest BCUT2D eigenvalue weighted by molar-refractivity contribution is 5.43. The smallest absolute Gasteiger partial charge is 0.358 e. The maximum absolute atomic E-state index is 12.8. The summed E-state index contributed by atoms with van der Waals surface area (Å²) in [6.45, 7) is 1.18. The van der Waals surface area contributed by atoms with Gasteiger partial charge in [-0.15, -0.1) is 14.8 Å². The minimum atomic E-state index is -4.40. The zero-order valence-corrected chi connectivity index (χ0v) is 13.3. The number of halogens is 3. The lowest BCUT2D eigenvalue weighted by molar-refractivity contribution is -0.141. The van der Waals surface area contributed by atoms with Gasteiger partial charge in [0, 0.05) is 32.8 Å². The van der Waals surface area contributed by atoms with E-state index in [9.17, 15) is 13.2 Å². The molecule has 132 valence electrons. The molecule has 1 aliphatic heterocycles. The monoisotopic (exact) mass is 352 g/mol. The highest BCUT2D eigenvalue weighted by atomic mass is 19.4. The fourth-order valence-electron chi connectivity index (χ4n) is 3.12. The number of imidazole rings is 1. The summed E-state index contributed by atoms with van der Waals surface area (Å²) in [7, 11) is 1.89. The molecule has 11 heteroatoms. The molecule has 0 aliphatic carbocycles. The second-order valence-electron chi connectivity index (χ2n) is 6.20. The number of hydrogen-bond acceptors (Lipinski definition) is 6. The molecular formula is C14H15F3N8. The Bertz CT molecular complexity index is 899. The standard InChI is InChI=1S/C14H15F3N8/c1-23(13-5-4-12-19-21-22-25(12)20-13)6-9-2-3-11-18-10(14(15,16)17)8-24(11)7-9/h4-5,8-9H,2-3,6-7H2,1H3. The van der Waals surface area contributed by atoms with Crippen LogP contribution in [0.1, 0.15) is 17.9 Å². The van der Waals surface area contributed by atoms with E-state index < -0.39 is 11.9 Å². The first-order chi connectivity index (χ1) is 11.9. The van der Waals surface area contributed by atoms with Crippen molar-refractivity contribution in [3.05, 3.63) is 29.8 Å². The Balaban J connectivity index is 1.47. The third kappa shape index (κ3) is 3.01. The summed E-state index contributed by atoms with van der Waals surface area (Å²) in [5.41, 5.74) is -0.264. The molecule has 25 heavy (non-hydrogen) atoms. The molecule has 0 radical (unpaired) electrons. The van der Waals surface area contributed by atoms with Crippen LogP contribution in [-0.4, -0.2) is 48.4 Å². The topological polar surface area (TPSA) is 77.0 Å². The van der Waals surface area contributed by atoms with Crippen LogP contribution in [0.2, 0.25) is 0 Å². The number of fused-ring (bicyclic) bond motifs is 2. The van der Waals surface area contributed by atoms with Gasteiger partial charge in [-0.2, -0.15) is 13.2 Å². The Kier molecular flexibility index (Phi) is 3.58. The van der Waals surface area contributed by atoms with Crippen LogP contribution in [0.3, 0.4) is 0 Å². The molecule has 4 rings (SSSR count). The number of anilines is 1. The summed E-state index contributed by atoms with van der Waals surface area (Å²) in [6, 6.07) is 3.59. The van der Waals surface area contributed by atoms with E-state index in [-0.39, 0.29) is 5.92 Å². The third-order valence-electron chi connectivity index (χ3n) is 4.36. The molecule has 0 saturated carbocycles. The summed E-state index contributed by atoms with van der Waals surface area (Å²) in [6.07, 6.45) is -1.98. The van der Waals surface area contributed by atoms with Gasteiger partial charge in [0.15, 0.2) is 17.2 Å². The highest BCUT2D eigenvalue weighted by Crippen LogP contribution is 2.31. The average Bonchev–Trinajstić information content (AvgIpc) is 3.19. The molecule has 1 unspecified atom stereocenters. The second kappa shape index (κ2) is 5.67. The number of aromatic nitrogens is 7. The van der Waals surface area contributed by atoms with Crippen molar-refractivity contribution in [3.8, 4) is 0 Å². The molecule has 0 amide bonds. The van der Waals surface area contributed by atoms with Crippen molar-refractivity contribution in [2.75, 3.05) is 18.5 Å². The van der Waals surface area contributed by atoms with Gasteiger partial charge < -0.3 is 9.47 Å². The van der Waals surface area contributed by atoms with Gasteiger partial charge >= 0.3 is 6.18 Å². The van der Waals surface area contributed by atoms with Gasteiger partial charge in [0.05, 0.1) is 0 Å². The van der Waals surface area contributed by atoms with Crippen LogP contribution in [-0.2, 0) is 19.1 Å². The van der Waals surface area contributed by atoms with Gasteiger partial charge in [-0.05, 0) is 34.9 Å². The summed E-state index contributed by atoms with van der Waals surface area (Å²) < 4.78 is 41.3. The van der Waals surface area contributed by atoms with E-state index in [0.29, 0.717) is 36.8 Å². The first kappa shape index (κ1) is 15.8. The largest absolute Gasteiger partial charge is 0.434 e. The van der Waals surface area contributed by atoms with Crippen molar-refractivity contribution >= 4 is 11.5 Å². The SMILES string of the molecule is CN(CC1CCc2nc(C(F)(F)F)cn2C1)c1ccc2nnnn2n1. The van der Waals surface area contributed by atoms with Crippen LogP contribution < -0.4 is 4.90 Å². The number of aryl methyl sites for hydroxylation is 1. The van der Waals surface area contributed by atoms with E-state index in [4.69, 9.17) is 0 Å².